The molecule has 2 unspecified atom stereocenters. The molecule has 0 radical (unpaired) electrons. The molecule has 0 bridgehead atoms. The molecule has 0 fully saturated rings. The van der Waals surface area contributed by atoms with E-state index in [1.54, 1.807) is 12.1 Å². The molecule has 2 atom stereocenters. The zero-order valence-corrected chi connectivity index (χ0v) is 14.3. The van der Waals surface area contributed by atoms with E-state index in [0.29, 0.717) is 0 Å². The maximum Gasteiger partial charge on any atom is 0.407 e. The fourth-order valence-corrected chi connectivity index (χ4v) is 2.32. The van der Waals surface area contributed by atoms with E-state index < -0.39 is 24.3 Å². The van der Waals surface area contributed by atoms with Gasteiger partial charge in [0.05, 0.1) is 5.02 Å². The summed E-state index contributed by atoms with van der Waals surface area (Å²) in [4.78, 5) is 26.1. The smallest absolute Gasteiger partial charge is 0.407 e. The Morgan fingerprint density at radius 2 is 1.92 bits per heavy atom. The SMILES string of the molecule is O=C(NCC(O)C(O)c1cnc(C(=O)O)c(Cl)c1)OCc1ccccc1. The number of carbonyl (C=O) groups is 2. The Balaban J connectivity index is 1.84. The van der Waals surface area contributed by atoms with Crippen molar-refractivity contribution in [2.75, 3.05) is 6.54 Å². The van der Waals surface area contributed by atoms with Crippen molar-refractivity contribution in [1.29, 1.82) is 0 Å². The molecule has 4 N–H and O–H groups in total. The number of hydrogen-bond donors (Lipinski definition) is 4. The van der Waals surface area contributed by atoms with Crippen molar-refractivity contribution >= 4 is 23.7 Å². The molecule has 0 spiro atoms. The van der Waals surface area contributed by atoms with E-state index in [0.717, 1.165) is 11.8 Å². The highest BCUT2D eigenvalue weighted by Gasteiger charge is 2.22. The van der Waals surface area contributed by atoms with Gasteiger partial charge in [-0.1, -0.05) is 41.9 Å². The molecular formula is C17H17ClN2O6. The van der Waals surface area contributed by atoms with Crippen molar-refractivity contribution in [2.45, 2.75) is 18.8 Å². The molecule has 1 aromatic carbocycles. The Labute approximate surface area is 154 Å². The number of carboxylic acid groups (broad SMARTS) is 1. The molecule has 2 rings (SSSR count). The second-order valence-corrected chi connectivity index (χ2v) is 5.77. The van der Waals surface area contributed by atoms with Crippen molar-refractivity contribution in [2.24, 2.45) is 0 Å². The number of benzene rings is 1. The highest BCUT2D eigenvalue weighted by Crippen LogP contribution is 2.22. The van der Waals surface area contributed by atoms with Gasteiger partial charge >= 0.3 is 12.1 Å². The van der Waals surface area contributed by atoms with Crippen LogP contribution in [0.15, 0.2) is 42.6 Å². The summed E-state index contributed by atoms with van der Waals surface area (Å²) in [7, 11) is 0. The summed E-state index contributed by atoms with van der Waals surface area (Å²) in [5.74, 6) is -1.31. The molecule has 1 aromatic heterocycles. The number of pyridine rings is 1. The largest absolute Gasteiger partial charge is 0.476 e. The maximum absolute atomic E-state index is 11.6. The number of nitrogens with zero attached hydrogens (tertiary/aromatic N) is 1. The third-order valence-corrected chi connectivity index (χ3v) is 3.73. The van der Waals surface area contributed by atoms with Gasteiger partial charge in [0.25, 0.3) is 0 Å². The van der Waals surface area contributed by atoms with E-state index in [-0.39, 0.29) is 29.4 Å². The van der Waals surface area contributed by atoms with Gasteiger partial charge in [-0.25, -0.2) is 14.6 Å². The summed E-state index contributed by atoms with van der Waals surface area (Å²) < 4.78 is 4.98. The molecule has 8 nitrogen and oxygen atoms in total. The summed E-state index contributed by atoms with van der Waals surface area (Å²) in [5.41, 5.74) is 0.564. The minimum absolute atomic E-state index is 0.0709. The fourth-order valence-electron chi connectivity index (χ4n) is 2.07. The molecule has 2 aromatic rings. The number of nitrogens with one attached hydrogen (secondary N) is 1. The third kappa shape index (κ3) is 5.41. The van der Waals surface area contributed by atoms with Gasteiger partial charge in [0.1, 0.15) is 18.8 Å². The Bertz CT molecular complexity index is 771. The predicted octanol–water partition coefficient (Wildman–Crippen LogP) is 1.75. The maximum atomic E-state index is 11.6. The summed E-state index contributed by atoms with van der Waals surface area (Å²) >= 11 is 5.77. The van der Waals surface area contributed by atoms with Gasteiger partial charge in [-0.05, 0) is 11.6 Å². The molecule has 0 aliphatic carbocycles. The van der Waals surface area contributed by atoms with Crippen LogP contribution in [0.2, 0.25) is 5.02 Å². The topological polar surface area (TPSA) is 129 Å². The number of hydrogen-bond acceptors (Lipinski definition) is 6. The number of alkyl carbamates (subject to hydrolysis) is 1. The van der Waals surface area contributed by atoms with Crippen LogP contribution >= 0.6 is 11.6 Å². The first-order valence-corrected chi connectivity index (χ1v) is 7.95. The van der Waals surface area contributed by atoms with E-state index in [1.165, 1.54) is 6.07 Å². The molecule has 1 amide bonds. The van der Waals surface area contributed by atoms with Gasteiger partial charge < -0.3 is 25.4 Å². The van der Waals surface area contributed by atoms with Crippen LogP contribution in [-0.4, -0.2) is 45.0 Å². The minimum Gasteiger partial charge on any atom is -0.476 e. The molecule has 1 heterocycles. The molecule has 138 valence electrons. The number of rotatable bonds is 7. The number of aliphatic hydroxyl groups excluding tert-OH is 2. The molecule has 0 aliphatic heterocycles. The molecule has 26 heavy (non-hydrogen) atoms. The Morgan fingerprint density at radius 1 is 1.23 bits per heavy atom. The summed E-state index contributed by atoms with van der Waals surface area (Å²) in [6, 6.07) is 10.2. The minimum atomic E-state index is -1.42. The van der Waals surface area contributed by atoms with Crippen molar-refractivity contribution in [3.8, 4) is 0 Å². The summed E-state index contributed by atoms with van der Waals surface area (Å²) in [6.07, 6.45) is -2.45. The Hall–Kier alpha value is -2.68. The monoisotopic (exact) mass is 380 g/mol. The number of aromatic carboxylic acids is 1. The number of amides is 1. The Kier molecular flexibility index (Phi) is 6.90. The van der Waals surface area contributed by atoms with Gasteiger partial charge in [0, 0.05) is 18.3 Å². The second kappa shape index (κ2) is 9.14. The number of aliphatic hydroxyl groups is 2. The average molecular weight is 381 g/mol. The van der Waals surface area contributed by atoms with E-state index >= 15 is 0 Å². The quantitative estimate of drug-likeness (QED) is 0.575. The highest BCUT2D eigenvalue weighted by atomic mass is 35.5. The van der Waals surface area contributed by atoms with Crippen molar-refractivity contribution in [1.82, 2.24) is 10.3 Å². The van der Waals surface area contributed by atoms with Gasteiger partial charge in [-0.3, -0.25) is 0 Å². The number of aromatic nitrogens is 1. The van der Waals surface area contributed by atoms with Crippen molar-refractivity contribution in [3.63, 3.8) is 0 Å². The normalized spacial score (nSPS) is 12.9. The van der Waals surface area contributed by atoms with E-state index in [4.69, 9.17) is 21.4 Å². The second-order valence-electron chi connectivity index (χ2n) is 5.36. The number of halogens is 1. The van der Waals surface area contributed by atoms with Crippen LogP contribution in [0.4, 0.5) is 4.79 Å². The van der Waals surface area contributed by atoms with E-state index in [2.05, 4.69) is 10.3 Å². The number of carboxylic acids is 1. The molecule has 0 saturated heterocycles. The number of carbonyl (C=O) groups excluding carboxylic acids is 1. The predicted molar refractivity (Wildman–Crippen MR) is 91.8 cm³/mol. The van der Waals surface area contributed by atoms with Gasteiger partial charge in [-0.15, -0.1) is 0 Å². The summed E-state index contributed by atoms with van der Waals surface area (Å²) in [5, 5.41) is 31.1. The fraction of sp³-hybridized carbons (Fsp3) is 0.235. The molecule has 9 heteroatoms. The van der Waals surface area contributed by atoms with Crippen molar-refractivity contribution in [3.05, 3.63) is 64.4 Å². The molecule has 0 saturated carbocycles. The van der Waals surface area contributed by atoms with Gasteiger partial charge in [-0.2, -0.15) is 0 Å². The van der Waals surface area contributed by atoms with Gasteiger partial charge in [0.15, 0.2) is 5.69 Å². The third-order valence-electron chi connectivity index (χ3n) is 3.44. The van der Waals surface area contributed by atoms with E-state index in [9.17, 15) is 19.8 Å². The first-order chi connectivity index (χ1) is 12.4. The van der Waals surface area contributed by atoms with Crippen LogP contribution in [0.3, 0.4) is 0 Å². The van der Waals surface area contributed by atoms with Crippen LogP contribution in [0.5, 0.6) is 0 Å². The van der Waals surface area contributed by atoms with Crippen LogP contribution < -0.4 is 5.32 Å². The lowest BCUT2D eigenvalue weighted by Gasteiger charge is -2.18. The first kappa shape index (κ1) is 19.6. The molecular weight excluding hydrogens is 364 g/mol. The number of ether oxygens (including phenoxy) is 1. The zero-order valence-electron chi connectivity index (χ0n) is 13.5. The lowest BCUT2D eigenvalue weighted by atomic mass is 10.1. The average Bonchev–Trinajstić information content (AvgIpc) is 2.64. The van der Waals surface area contributed by atoms with Gasteiger partial charge in [0.2, 0.25) is 0 Å². The van der Waals surface area contributed by atoms with Crippen LogP contribution in [0.1, 0.15) is 27.7 Å². The lowest BCUT2D eigenvalue weighted by molar-refractivity contribution is 0.0182. The summed E-state index contributed by atoms with van der Waals surface area (Å²) in [6.45, 7) is -0.214. The van der Waals surface area contributed by atoms with Crippen LogP contribution in [-0.2, 0) is 11.3 Å². The standard InChI is InChI=1S/C17H17ClN2O6/c18-12-6-11(7-19-14(12)16(23)24)15(22)13(21)8-20-17(25)26-9-10-4-2-1-3-5-10/h1-7,13,15,21-22H,8-9H2,(H,20,25)(H,23,24). The van der Waals surface area contributed by atoms with Crippen LogP contribution in [0, 0.1) is 0 Å². The van der Waals surface area contributed by atoms with Crippen molar-refractivity contribution < 1.29 is 29.6 Å². The highest BCUT2D eigenvalue weighted by molar-refractivity contribution is 6.33. The van der Waals surface area contributed by atoms with Crippen LogP contribution in [0.25, 0.3) is 0 Å². The zero-order chi connectivity index (χ0) is 19.1. The first-order valence-electron chi connectivity index (χ1n) is 7.58. The lowest BCUT2D eigenvalue weighted by Crippen LogP contribution is -2.35. The Morgan fingerprint density at radius 3 is 2.54 bits per heavy atom. The van der Waals surface area contributed by atoms with E-state index in [1.807, 2.05) is 18.2 Å². The molecule has 0 aliphatic rings.